The first-order valence-corrected chi connectivity index (χ1v) is 11.4. The van der Waals surface area contributed by atoms with Gasteiger partial charge >= 0.3 is 0 Å². The fourth-order valence-corrected chi connectivity index (χ4v) is 4.73. The molecule has 2 aromatic heterocycles. The molecule has 1 amide bonds. The minimum atomic E-state index is -0.0617. The maximum Gasteiger partial charge on any atom is 0.254 e. The van der Waals surface area contributed by atoms with Crippen LogP contribution in [0.3, 0.4) is 0 Å². The van der Waals surface area contributed by atoms with Gasteiger partial charge in [-0.3, -0.25) is 9.78 Å². The average molecular weight is 444 g/mol. The lowest BCUT2D eigenvalue weighted by Crippen LogP contribution is -2.16. The number of hydrogen-bond acceptors (Lipinski definition) is 6. The molecule has 33 heavy (non-hydrogen) atoms. The highest BCUT2D eigenvalue weighted by Gasteiger charge is 2.27. The number of aryl methyl sites for hydroxylation is 1. The van der Waals surface area contributed by atoms with Crippen molar-refractivity contribution in [3.63, 3.8) is 0 Å². The molecular formula is C26H29N5O2. The zero-order valence-corrected chi connectivity index (χ0v) is 19.3. The number of ether oxygens (including phenoxy) is 1. The van der Waals surface area contributed by atoms with E-state index in [9.17, 15) is 4.79 Å². The third-order valence-electron chi connectivity index (χ3n) is 6.28. The van der Waals surface area contributed by atoms with Gasteiger partial charge in [-0.2, -0.15) is 0 Å². The lowest BCUT2D eigenvalue weighted by molar-refractivity contribution is 0.0966. The van der Waals surface area contributed by atoms with Crippen molar-refractivity contribution in [2.45, 2.75) is 32.4 Å². The van der Waals surface area contributed by atoms with Crippen molar-refractivity contribution < 1.29 is 9.53 Å². The average Bonchev–Trinajstić information content (AvgIpc) is 3.45. The number of nitrogens with zero attached hydrogens (tertiary/aromatic N) is 3. The zero-order chi connectivity index (χ0) is 22.9. The monoisotopic (exact) mass is 443 g/mol. The molecule has 0 unspecified atom stereocenters. The van der Waals surface area contributed by atoms with Crippen molar-refractivity contribution in [2.75, 3.05) is 32.6 Å². The summed E-state index contributed by atoms with van der Waals surface area (Å²) < 4.78 is 5.61. The molecule has 1 aromatic carbocycles. The van der Waals surface area contributed by atoms with Crippen LogP contribution >= 0.6 is 0 Å². The summed E-state index contributed by atoms with van der Waals surface area (Å²) in [6, 6.07) is 12.2. The van der Waals surface area contributed by atoms with Gasteiger partial charge in [-0.15, -0.1) is 0 Å². The second kappa shape index (κ2) is 8.92. The molecule has 2 aliphatic rings. The molecule has 4 heterocycles. The Morgan fingerprint density at radius 1 is 1.21 bits per heavy atom. The Morgan fingerprint density at radius 3 is 2.85 bits per heavy atom. The van der Waals surface area contributed by atoms with Crippen LogP contribution in [0.25, 0.3) is 11.1 Å². The van der Waals surface area contributed by atoms with E-state index in [-0.39, 0.29) is 5.91 Å². The Balaban J connectivity index is 1.50. The third-order valence-corrected chi connectivity index (χ3v) is 6.28. The Hall–Kier alpha value is -3.29. The van der Waals surface area contributed by atoms with E-state index in [1.54, 1.807) is 6.20 Å². The van der Waals surface area contributed by atoms with Crippen LogP contribution in [0.4, 0.5) is 11.5 Å². The first-order valence-electron chi connectivity index (χ1n) is 11.4. The number of benzene rings is 1. The fraction of sp³-hybridized carbons (Fsp3) is 0.346. The van der Waals surface area contributed by atoms with E-state index in [1.165, 1.54) is 5.56 Å². The van der Waals surface area contributed by atoms with E-state index in [4.69, 9.17) is 9.72 Å². The number of hydrogen-bond donors (Lipinski definition) is 2. The Morgan fingerprint density at radius 2 is 2.09 bits per heavy atom. The maximum absolute atomic E-state index is 12.8. The van der Waals surface area contributed by atoms with Gasteiger partial charge in [0, 0.05) is 37.5 Å². The molecule has 0 saturated carbocycles. The fourth-order valence-electron chi connectivity index (χ4n) is 4.73. The highest BCUT2D eigenvalue weighted by atomic mass is 16.5. The van der Waals surface area contributed by atoms with Crippen LogP contribution in [0.15, 0.2) is 42.6 Å². The van der Waals surface area contributed by atoms with Gasteiger partial charge in [-0.05, 0) is 74.0 Å². The van der Waals surface area contributed by atoms with Gasteiger partial charge in [0.1, 0.15) is 5.82 Å². The second-order valence-electron chi connectivity index (χ2n) is 9.04. The van der Waals surface area contributed by atoms with Crippen LogP contribution in [0.2, 0.25) is 0 Å². The van der Waals surface area contributed by atoms with Gasteiger partial charge in [0.2, 0.25) is 0 Å². The van der Waals surface area contributed by atoms with Gasteiger partial charge < -0.3 is 20.3 Å². The Bertz CT molecular complexity index is 1200. The molecule has 1 fully saturated rings. The van der Waals surface area contributed by atoms with Gasteiger partial charge in [-0.25, -0.2) is 4.98 Å². The van der Waals surface area contributed by atoms with Crippen LogP contribution in [-0.2, 0) is 17.8 Å². The van der Waals surface area contributed by atoms with Gasteiger partial charge in [0.25, 0.3) is 5.91 Å². The summed E-state index contributed by atoms with van der Waals surface area (Å²) in [5, 5.41) is 6.41. The quantitative estimate of drug-likeness (QED) is 0.599. The first kappa shape index (κ1) is 21.6. The van der Waals surface area contributed by atoms with E-state index in [0.717, 1.165) is 65.8 Å². The largest absolute Gasteiger partial charge is 0.381 e. The molecular weight excluding hydrogens is 414 g/mol. The van der Waals surface area contributed by atoms with Gasteiger partial charge in [0.05, 0.1) is 23.6 Å². The van der Waals surface area contributed by atoms with E-state index in [0.29, 0.717) is 18.0 Å². The summed E-state index contributed by atoms with van der Waals surface area (Å²) >= 11 is 0. The number of nitrogens with one attached hydrogen (secondary N) is 2. The van der Waals surface area contributed by atoms with Crippen LogP contribution in [-0.4, -0.2) is 48.1 Å². The number of fused-ring (bicyclic) bond motifs is 1. The summed E-state index contributed by atoms with van der Waals surface area (Å²) in [5.74, 6) is 1.07. The summed E-state index contributed by atoms with van der Waals surface area (Å²) in [4.78, 5) is 24.1. The molecule has 7 heteroatoms. The lowest BCUT2D eigenvalue weighted by Gasteiger charge is -2.19. The maximum atomic E-state index is 12.8. The van der Waals surface area contributed by atoms with Crippen molar-refractivity contribution in [1.29, 1.82) is 0 Å². The second-order valence-corrected chi connectivity index (χ2v) is 9.04. The Kier molecular flexibility index (Phi) is 5.83. The number of carbonyl (C=O) groups excluding carboxylic acids is 1. The summed E-state index contributed by atoms with van der Waals surface area (Å²) in [5.41, 5.74) is 7.83. The molecule has 1 atom stereocenters. The Labute approximate surface area is 194 Å². The molecule has 0 radical (unpaired) electrons. The molecule has 3 aromatic rings. The molecule has 1 saturated heterocycles. The standard InChI is InChI=1S/C26H29N5O2/c1-16-12-17(8-10-27-16)19-4-6-22(25-21(19)13-28-26(25)32)29-24-7-5-20(18-9-11-33-15-18)23(30-24)14-31(2)3/h4-8,10,12,18H,9,11,13-15H2,1-3H3,(H,28,32)(H,29,30)/t18-/m0/s1. The van der Waals surface area contributed by atoms with Gasteiger partial charge in [0.15, 0.2) is 0 Å². The molecule has 2 aliphatic heterocycles. The molecule has 5 rings (SSSR count). The molecule has 2 N–H and O–H groups in total. The third kappa shape index (κ3) is 4.34. The van der Waals surface area contributed by atoms with E-state index in [2.05, 4.69) is 32.7 Å². The highest BCUT2D eigenvalue weighted by molar-refractivity contribution is 6.06. The smallest absolute Gasteiger partial charge is 0.254 e. The predicted molar refractivity (Wildman–Crippen MR) is 129 cm³/mol. The number of amides is 1. The van der Waals surface area contributed by atoms with Crippen LogP contribution in [0.1, 0.15) is 45.2 Å². The highest BCUT2D eigenvalue weighted by Crippen LogP contribution is 2.36. The van der Waals surface area contributed by atoms with Crippen molar-refractivity contribution in [1.82, 2.24) is 20.2 Å². The van der Waals surface area contributed by atoms with Crippen LogP contribution in [0, 0.1) is 6.92 Å². The summed E-state index contributed by atoms with van der Waals surface area (Å²) in [6.45, 7) is 4.79. The number of pyridine rings is 2. The molecule has 0 spiro atoms. The topological polar surface area (TPSA) is 79.4 Å². The SMILES string of the molecule is Cc1cc(-c2ccc(Nc3ccc([C@H]4CCOC4)c(CN(C)C)n3)c3c2CNC3=O)ccn1. The molecule has 0 aliphatic carbocycles. The van der Waals surface area contributed by atoms with Crippen LogP contribution < -0.4 is 10.6 Å². The molecule has 0 bridgehead atoms. The van der Waals surface area contributed by atoms with E-state index in [1.807, 2.05) is 45.3 Å². The number of rotatable bonds is 6. The summed E-state index contributed by atoms with van der Waals surface area (Å²) in [6.07, 6.45) is 2.83. The minimum Gasteiger partial charge on any atom is -0.381 e. The van der Waals surface area contributed by atoms with Crippen LogP contribution in [0.5, 0.6) is 0 Å². The molecule has 7 nitrogen and oxygen atoms in total. The zero-order valence-electron chi connectivity index (χ0n) is 19.3. The number of anilines is 2. The van der Waals surface area contributed by atoms with E-state index < -0.39 is 0 Å². The predicted octanol–water partition coefficient (Wildman–Crippen LogP) is 4.00. The normalized spacial score (nSPS) is 17.3. The number of aromatic nitrogens is 2. The van der Waals surface area contributed by atoms with Gasteiger partial charge in [-0.1, -0.05) is 12.1 Å². The summed E-state index contributed by atoms with van der Waals surface area (Å²) in [7, 11) is 4.10. The first-order chi connectivity index (χ1) is 16.0. The number of carbonyl (C=O) groups is 1. The minimum absolute atomic E-state index is 0.0617. The van der Waals surface area contributed by atoms with Crippen molar-refractivity contribution >= 4 is 17.4 Å². The van der Waals surface area contributed by atoms with Crippen molar-refractivity contribution in [3.8, 4) is 11.1 Å². The van der Waals surface area contributed by atoms with Crippen molar-refractivity contribution in [3.05, 3.63) is 70.7 Å². The van der Waals surface area contributed by atoms with Crippen molar-refractivity contribution in [2.24, 2.45) is 0 Å². The molecule has 170 valence electrons. The van der Waals surface area contributed by atoms with E-state index >= 15 is 0 Å². The lowest BCUT2D eigenvalue weighted by atomic mass is 9.95.